The van der Waals surface area contributed by atoms with E-state index < -0.39 is 10.0 Å². The van der Waals surface area contributed by atoms with E-state index in [4.69, 9.17) is 16.0 Å². The summed E-state index contributed by atoms with van der Waals surface area (Å²) in [6.07, 6.45) is 5.34. The fraction of sp³-hybridized carbons (Fsp3) is 0.348. The van der Waals surface area contributed by atoms with E-state index in [1.54, 1.807) is 53.0 Å². The number of carbonyl (C=O) groups excluding carboxylic acids is 1. The first kappa shape index (κ1) is 21.9. The highest BCUT2D eigenvalue weighted by Crippen LogP contribution is 2.28. The van der Waals surface area contributed by atoms with E-state index in [2.05, 4.69) is 5.32 Å². The predicted molar refractivity (Wildman–Crippen MR) is 122 cm³/mol. The number of furan rings is 1. The molecule has 1 atom stereocenters. The number of hydrogen-bond donors (Lipinski definition) is 1. The van der Waals surface area contributed by atoms with Gasteiger partial charge in [0.15, 0.2) is 0 Å². The van der Waals surface area contributed by atoms with E-state index in [0.717, 1.165) is 36.6 Å². The minimum atomic E-state index is -3.54. The van der Waals surface area contributed by atoms with Crippen molar-refractivity contribution in [3.8, 4) is 0 Å². The first-order valence-corrected chi connectivity index (χ1v) is 12.3. The molecule has 2 aromatic carbocycles. The van der Waals surface area contributed by atoms with Gasteiger partial charge in [-0.15, -0.1) is 0 Å². The number of hydrogen-bond acceptors (Lipinski definition) is 4. The molecule has 1 aliphatic heterocycles. The van der Waals surface area contributed by atoms with Crippen LogP contribution in [0.15, 0.2) is 58.0 Å². The number of nitrogens with zero attached hydrogens (tertiary/aromatic N) is 1. The Bertz CT molecular complexity index is 1190. The Balaban J connectivity index is 1.45. The summed E-state index contributed by atoms with van der Waals surface area (Å²) >= 11 is 6.05. The molecule has 0 aliphatic carbocycles. The standard InChI is InChI=1S/C23H25ClN2O4S/c1-2-19-5-3-4-12-26(19)31(28,29)20-9-7-18(8-10-20)25-23(27)13-16-15-30-22-11-6-17(24)14-21(16)22/h6-11,14-15,19H,2-5,12-13H2,1H3,(H,25,27). The molecule has 1 aliphatic rings. The third-order valence-electron chi connectivity index (χ3n) is 5.76. The highest BCUT2D eigenvalue weighted by Gasteiger charge is 2.32. The molecule has 2 heterocycles. The lowest BCUT2D eigenvalue weighted by Crippen LogP contribution is -2.43. The summed E-state index contributed by atoms with van der Waals surface area (Å²) in [5.74, 6) is -0.222. The van der Waals surface area contributed by atoms with Gasteiger partial charge in [-0.25, -0.2) is 8.42 Å². The van der Waals surface area contributed by atoms with Gasteiger partial charge in [-0.2, -0.15) is 4.31 Å². The van der Waals surface area contributed by atoms with Crippen LogP contribution in [0, 0.1) is 0 Å². The smallest absolute Gasteiger partial charge is 0.243 e. The highest BCUT2D eigenvalue weighted by molar-refractivity contribution is 7.89. The maximum atomic E-state index is 13.1. The lowest BCUT2D eigenvalue weighted by molar-refractivity contribution is -0.115. The highest BCUT2D eigenvalue weighted by atomic mass is 35.5. The van der Waals surface area contributed by atoms with Crippen LogP contribution in [0.4, 0.5) is 5.69 Å². The third kappa shape index (κ3) is 4.63. The molecule has 6 nitrogen and oxygen atoms in total. The normalized spacial score (nSPS) is 17.7. The van der Waals surface area contributed by atoms with Gasteiger partial charge in [0.1, 0.15) is 5.58 Å². The molecule has 1 aromatic heterocycles. The zero-order valence-electron chi connectivity index (χ0n) is 17.3. The molecule has 0 saturated carbocycles. The molecular formula is C23H25ClN2O4S. The van der Waals surface area contributed by atoms with Gasteiger partial charge in [0.25, 0.3) is 0 Å². The number of anilines is 1. The number of benzene rings is 2. The maximum Gasteiger partial charge on any atom is 0.243 e. The van der Waals surface area contributed by atoms with Crippen molar-refractivity contribution in [1.82, 2.24) is 4.31 Å². The van der Waals surface area contributed by atoms with Crippen LogP contribution in [0.25, 0.3) is 11.0 Å². The molecule has 1 saturated heterocycles. The number of rotatable bonds is 6. The second-order valence-electron chi connectivity index (χ2n) is 7.82. The van der Waals surface area contributed by atoms with Gasteiger partial charge >= 0.3 is 0 Å². The minimum absolute atomic E-state index is 0.0522. The van der Waals surface area contributed by atoms with Crippen LogP contribution >= 0.6 is 11.6 Å². The lowest BCUT2D eigenvalue weighted by Gasteiger charge is -2.34. The Labute approximate surface area is 187 Å². The number of piperidine rings is 1. The summed E-state index contributed by atoms with van der Waals surface area (Å²) in [5, 5.41) is 4.19. The van der Waals surface area contributed by atoms with E-state index in [0.29, 0.717) is 22.8 Å². The van der Waals surface area contributed by atoms with E-state index in [-0.39, 0.29) is 23.3 Å². The summed E-state index contributed by atoms with van der Waals surface area (Å²) in [7, 11) is -3.54. The van der Waals surface area contributed by atoms with Crippen molar-refractivity contribution < 1.29 is 17.6 Å². The number of halogens is 1. The van der Waals surface area contributed by atoms with Crippen LogP contribution in [0.2, 0.25) is 5.02 Å². The monoisotopic (exact) mass is 460 g/mol. The number of carbonyl (C=O) groups is 1. The van der Waals surface area contributed by atoms with Crippen molar-refractivity contribution in [3.05, 3.63) is 59.3 Å². The van der Waals surface area contributed by atoms with Crippen molar-refractivity contribution in [2.45, 2.75) is 50.0 Å². The van der Waals surface area contributed by atoms with E-state index >= 15 is 0 Å². The van der Waals surface area contributed by atoms with Crippen molar-refractivity contribution >= 4 is 44.2 Å². The topological polar surface area (TPSA) is 79.6 Å². The minimum Gasteiger partial charge on any atom is -0.464 e. The molecule has 3 aromatic rings. The largest absolute Gasteiger partial charge is 0.464 e. The summed E-state index contributed by atoms with van der Waals surface area (Å²) in [6.45, 7) is 2.58. The Hall–Kier alpha value is -2.35. The average molecular weight is 461 g/mol. The number of amides is 1. The second kappa shape index (κ2) is 9.02. The zero-order chi connectivity index (χ0) is 22.0. The third-order valence-corrected chi connectivity index (χ3v) is 7.96. The van der Waals surface area contributed by atoms with Crippen molar-refractivity contribution in [2.75, 3.05) is 11.9 Å². The Morgan fingerprint density at radius 1 is 1.19 bits per heavy atom. The van der Waals surface area contributed by atoms with Crippen LogP contribution in [0.5, 0.6) is 0 Å². The Morgan fingerprint density at radius 2 is 1.97 bits per heavy atom. The van der Waals surface area contributed by atoms with Crippen LogP contribution in [-0.2, 0) is 21.2 Å². The van der Waals surface area contributed by atoms with Crippen LogP contribution < -0.4 is 5.32 Å². The van der Waals surface area contributed by atoms with Gasteiger partial charge < -0.3 is 9.73 Å². The molecule has 1 amide bonds. The Morgan fingerprint density at radius 3 is 2.71 bits per heavy atom. The fourth-order valence-corrected chi connectivity index (χ4v) is 6.05. The molecule has 8 heteroatoms. The molecule has 1 unspecified atom stereocenters. The van der Waals surface area contributed by atoms with Gasteiger partial charge in [0.05, 0.1) is 17.6 Å². The second-order valence-corrected chi connectivity index (χ2v) is 10.2. The molecule has 1 N–H and O–H groups in total. The predicted octanol–water partition coefficient (Wildman–Crippen LogP) is 5.22. The van der Waals surface area contributed by atoms with Gasteiger partial charge in [-0.05, 0) is 61.7 Å². The van der Waals surface area contributed by atoms with E-state index in [9.17, 15) is 13.2 Å². The van der Waals surface area contributed by atoms with Crippen LogP contribution in [0.3, 0.4) is 0 Å². The van der Waals surface area contributed by atoms with Gasteiger partial charge in [-0.3, -0.25) is 4.79 Å². The van der Waals surface area contributed by atoms with Gasteiger partial charge in [-0.1, -0.05) is 24.9 Å². The van der Waals surface area contributed by atoms with Crippen molar-refractivity contribution in [2.24, 2.45) is 0 Å². The first-order valence-electron chi connectivity index (χ1n) is 10.5. The molecule has 4 rings (SSSR count). The summed E-state index contributed by atoms with van der Waals surface area (Å²) in [5.41, 5.74) is 1.95. The van der Waals surface area contributed by atoms with E-state index in [1.807, 2.05) is 6.92 Å². The quantitative estimate of drug-likeness (QED) is 0.546. The SMILES string of the molecule is CCC1CCCCN1S(=O)(=O)c1ccc(NC(=O)Cc2coc3ccc(Cl)cc23)cc1. The molecule has 0 bridgehead atoms. The first-order chi connectivity index (χ1) is 14.9. The molecule has 0 spiro atoms. The van der Waals surface area contributed by atoms with Crippen LogP contribution in [-0.4, -0.2) is 31.2 Å². The maximum absolute atomic E-state index is 13.1. The van der Waals surface area contributed by atoms with Gasteiger partial charge in [0.2, 0.25) is 15.9 Å². The summed E-state index contributed by atoms with van der Waals surface area (Å²) in [6, 6.07) is 11.7. The molecule has 0 radical (unpaired) electrons. The lowest BCUT2D eigenvalue weighted by atomic mass is 10.0. The summed E-state index contributed by atoms with van der Waals surface area (Å²) in [4.78, 5) is 12.8. The molecule has 164 valence electrons. The zero-order valence-corrected chi connectivity index (χ0v) is 18.9. The van der Waals surface area contributed by atoms with E-state index in [1.165, 1.54) is 0 Å². The van der Waals surface area contributed by atoms with Gasteiger partial charge in [0, 0.05) is 34.2 Å². The van der Waals surface area contributed by atoms with Crippen molar-refractivity contribution in [3.63, 3.8) is 0 Å². The molecular weight excluding hydrogens is 436 g/mol. The number of nitrogens with one attached hydrogen (secondary N) is 1. The van der Waals surface area contributed by atoms with Crippen LogP contribution in [0.1, 0.15) is 38.2 Å². The summed E-state index contributed by atoms with van der Waals surface area (Å²) < 4.78 is 33.2. The average Bonchev–Trinajstić information content (AvgIpc) is 3.15. The van der Waals surface area contributed by atoms with Crippen molar-refractivity contribution in [1.29, 1.82) is 0 Å². The number of fused-ring (bicyclic) bond motifs is 1. The Kier molecular flexibility index (Phi) is 6.36. The number of sulfonamides is 1. The molecule has 31 heavy (non-hydrogen) atoms. The fourth-order valence-electron chi connectivity index (χ4n) is 4.11. The molecule has 1 fully saturated rings.